The minimum Gasteiger partial charge on any atom is -0.480 e. The number of rotatable bonds is 2. The van der Waals surface area contributed by atoms with Crippen molar-refractivity contribution in [1.29, 1.82) is 0 Å². The molecule has 2 rings (SSSR count). The molecule has 0 spiro atoms. The van der Waals surface area contributed by atoms with Crippen molar-refractivity contribution in [3.8, 4) is 0 Å². The molecule has 0 bridgehead atoms. The van der Waals surface area contributed by atoms with Gasteiger partial charge in [0.05, 0.1) is 0 Å². The van der Waals surface area contributed by atoms with E-state index in [0.29, 0.717) is 6.54 Å². The highest BCUT2D eigenvalue weighted by atomic mass is 32.2. The summed E-state index contributed by atoms with van der Waals surface area (Å²) in [5.41, 5.74) is 1.11. The van der Waals surface area contributed by atoms with Gasteiger partial charge in [-0.3, -0.25) is 4.79 Å². The largest absolute Gasteiger partial charge is 0.480 e. The molecule has 3 nitrogen and oxygen atoms in total. The quantitative estimate of drug-likeness (QED) is 0.828. The first-order chi connectivity index (χ1) is 7.27. The van der Waals surface area contributed by atoms with Crippen molar-refractivity contribution in [3.05, 3.63) is 30.3 Å². The van der Waals surface area contributed by atoms with Gasteiger partial charge >= 0.3 is 5.97 Å². The van der Waals surface area contributed by atoms with E-state index < -0.39 is 5.97 Å². The van der Waals surface area contributed by atoms with Crippen LogP contribution in [0.25, 0.3) is 0 Å². The Labute approximate surface area is 93.1 Å². The van der Waals surface area contributed by atoms with Crippen molar-refractivity contribution in [2.75, 3.05) is 23.7 Å². The second-order valence-corrected chi connectivity index (χ2v) is 4.79. The molecule has 1 heterocycles. The molecule has 1 aromatic carbocycles. The molecule has 1 aliphatic heterocycles. The van der Waals surface area contributed by atoms with Crippen LogP contribution in [0.1, 0.15) is 0 Å². The topological polar surface area (TPSA) is 40.5 Å². The molecule has 1 unspecified atom stereocenters. The molecule has 4 heteroatoms. The van der Waals surface area contributed by atoms with Crippen LogP contribution in [0.2, 0.25) is 0 Å². The summed E-state index contributed by atoms with van der Waals surface area (Å²) < 4.78 is 0. The number of carboxylic acid groups (broad SMARTS) is 1. The molecule has 1 atom stereocenters. The van der Waals surface area contributed by atoms with E-state index in [-0.39, 0.29) is 5.25 Å². The summed E-state index contributed by atoms with van der Waals surface area (Å²) in [5, 5.41) is 8.66. The molecule has 1 aromatic rings. The van der Waals surface area contributed by atoms with Gasteiger partial charge in [-0.1, -0.05) is 18.2 Å². The average molecular weight is 223 g/mol. The first-order valence-corrected chi connectivity index (χ1v) is 5.96. The predicted molar refractivity (Wildman–Crippen MR) is 62.5 cm³/mol. The zero-order valence-electron chi connectivity index (χ0n) is 8.30. The number of hydrogen-bond acceptors (Lipinski definition) is 3. The minimum absolute atomic E-state index is 0.293. The molecular weight excluding hydrogens is 210 g/mol. The number of aliphatic carboxylic acids is 1. The highest BCUT2D eigenvalue weighted by molar-refractivity contribution is 8.00. The molecule has 1 fully saturated rings. The third-order valence-electron chi connectivity index (χ3n) is 2.46. The molecule has 0 aliphatic carbocycles. The van der Waals surface area contributed by atoms with Crippen molar-refractivity contribution < 1.29 is 9.90 Å². The third kappa shape index (κ3) is 2.45. The molecule has 0 radical (unpaired) electrons. The van der Waals surface area contributed by atoms with Crippen molar-refractivity contribution in [1.82, 2.24) is 0 Å². The van der Waals surface area contributed by atoms with E-state index in [1.807, 2.05) is 30.3 Å². The van der Waals surface area contributed by atoms with Crippen molar-refractivity contribution in [3.63, 3.8) is 0 Å². The van der Waals surface area contributed by atoms with Gasteiger partial charge in [0.1, 0.15) is 5.25 Å². The zero-order chi connectivity index (χ0) is 10.7. The van der Waals surface area contributed by atoms with Gasteiger partial charge in [0.15, 0.2) is 0 Å². The number of para-hydroxylation sites is 1. The molecule has 1 N–H and O–H groups in total. The summed E-state index contributed by atoms with van der Waals surface area (Å²) in [6.07, 6.45) is 0. The van der Waals surface area contributed by atoms with Crippen molar-refractivity contribution in [2.24, 2.45) is 0 Å². The normalized spacial score (nSPS) is 21.3. The second kappa shape index (κ2) is 4.57. The molecule has 0 saturated carbocycles. The Balaban J connectivity index is 2.08. The Kier molecular flexibility index (Phi) is 3.16. The number of carbonyl (C=O) groups is 1. The van der Waals surface area contributed by atoms with Crippen LogP contribution in [0.5, 0.6) is 0 Å². The van der Waals surface area contributed by atoms with Crippen LogP contribution in [0, 0.1) is 0 Å². The fraction of sp³-hybridized carbons (Fsp3) is 0.364. The van der Waals surface area contributed by atoms with Gasteiger partial charge < -0.3 is 10.0 Å². The van der Waals surface area contributed by atoms with Crippen LogP contribution in [-0.4, -0.2) is 35.2 Å². The molecular formula is C11H13NO2S. The lowest BCUT2D eigenvalue weighted by Gasteiger charge is -2.32. The van der Waals surface area contributed by atoms with Crippen LogP contribution in [0.15, 0.2) is 30.3 Å². The number of carboxylic acids is 1. The average Bonchev–Trinajstić information content (AvgIpc) is 2.30. The fourth-order valence-corrected chi connectivity index (χ4v) is 2.71. The second-order valence-electron chi connectivity index (χ2n) is 3.48. The van der Waals surface area contributed by atoms with E-state index in [1.54, 1.807) is 0 Å². The third-order valence-corrected chi connectivity index (χ3v) is 3.63. The summed E-state index contributed by atoms with van der Waals surface area (Å²) in [4.78, 5) is 13.0. The van der Waals surface area contributed by atoms with E-state index >= 15 is 0 Å². The molecule has 1 saturated heterocycles. The van der Waals surface area contributed by atoms with Gasteiger partial charge in [0.25, 0.3) is 0 Å². The highest BCUT2D eigenvalue weighted by Crippen LogP contribution is 2.23. The Morgan fingerprint density at radius 2 is 2.13 bits per heavy atom. The van der Waals surface area contributed by atoms with Gasteiger partial charge in [0, 0.05) is 24.5 Å². The molecule has 15 heavy (non-hydrogen) atoms. The zero-order valence-corrected chi connectivity index (χ0v) is 9.11. The first kappa shape index (κ1) is 10.4. The molecule has 1 aliphatic rings. The lowest BCUT2D eigenvalue weighted by Crippen LogP contribution is -2.41. The summed E-state index contributed by atoms with van der Waals surface area (Å²) in [7, 11) is 0. The standard InChI is InChI=1S/C11H13NO2S/c13-11(14)10-8-12(6-7-15-10)9-4-2-1-3-5-9/h1-5,10H,6-8H2,(H,13,14). The Hall–Kier alpha value is -1.16. The van der Waals surface area contributed by atoms with Gasteiger partial charge in [-0.2, -0.15) is 0 Å². The SMILES string of the molecule is O=C(O)C1CN(c2ccccc2)CCS1. The summed E-state index contributed by atoms with van der Waals surface area (Å²) in [5.74, 6) is 0.173. The maximum absolute atomic E-state index is 10.9. The van der Waals surface area contributed by atoms with Gasteiger partial charge in [0.2, 0.25) is 0 Å². The lowest BCUT2D eigenvalue weighted by molar-refractivity contribution is -0.136. The molecule has 0 aromatic heterocycles. The van der Waals surface area contributed by atoms with E-state index in [0.717, 1.165) is 18.0 Å². The van der Waals surface area contributed by atoms with Gasteiger partial charge in [-0.25, -0.2) is 0 Å². The van der Waals surface area contributed by atoms with Crippen molar-refractivity contribution >= 4 is 23.4 Å². The highest BCUT2D eigenvalue weighted by Gasteiger charge is 2.25. The Morgan fingerprint density at radius 1 is 1.40 bits per heavy atom. The van der Waals surface area contributed by atoms with Crippen molar-refractivity contribution in [2.45, 2.75) is 5.25 Å². The van der Waals surface area contributed by atoms with Crippen LogP contribution in [-0.2, 0) is 4.79 Å². The van der Waals surface area contributed by atoms with E-state index in [2.05, 4.69) is 4.90 Å². The Morgan fingerprint density at radius 3 is 2.80 bits per heavy atom. The van der Waals surface area contributed by atoms with E-state index in [1.165, 1.54) is 11.8 Å². The lowest BCUT2D eigenvalue weighted by atomic mass is 10.2. The first-order valence-electron chi connectivity index (χ1n) is 4.92. The van der Waals surface area contributed by atoms with E-state index in [9.17, 15) is 4.79 Å². The maximum Gasteiger partial charge on any atom is 0.318 e. The number of anilines is 1. The molecule has 0 amide bonds. The smallest absolute Gasteiger partial charge is 0.318 e. The number of benzene rings is 1. The summed E-state index contributed by atoms with van der Waals surface area (Å²) in [6.45, 7) is 1.53. The summed E-state index contributed by atoms with van der Waals surface area (Å²) >= 11 is 1.53. The van der Waals surface area contributed by atoms with Crippen LogP contribution >= 0.6 is 11.8 Å². The summed E-state index contributed by atoms with van der Waals surface area (Å²) in [6, 6.07) is 9.97. The van der Waals surface area contributed by atoms with Crippen LogP contribution in [0.3, 0.4) is 0 Å². The number of thioether (sulfide) groups is 1. The van der Waals surface area contributed by atoms with Crippen LogP contribution in [0.4, 0.5) is 5.69 Å². The minimum atomic E-state index is -0.708. The van der Waals surface area contributed by atoms with Gasteiger partial charge in [-0.15, -0.1) is 11.8 Å². The fourth-order valence-electron chi connectivity index (χ4n) is 1.67. The molecule has 80 valence electrons. The predicted octanol–water partition coefficient (Wildman–Crippen LogP) is 1.69. The number of hydrogen-bond donors (Lipinski definition) is 1. The maximum atomic E-state index is 10.9. The Bertz CT molecular complexity index is 342. The monoisotopic (exact) mass is 223 g/mol. The van der Waals surface area contributed by atoms with E-state index in [4.69, 9.17) is 5.11 Å². The number of nitrogens with zero attached hydrogens (tertiary/aromatic N) is 1. The van der Waals surface area contributed by atoms with Crippen LogP contribution < -0.4 is 4.90 Å². The van der Waals surface area contributed by atoms with Gasteiger partial charge in [-0.05, 0) is 12.1 Å².